The molecule has 0 radical (unpaired) electrons. The van der Waals surface area contributed by atoms with Crippen molar-refractivity contribution in [1.82, 2.24) is 15.5 Å². The fourth-order valence-electron chi connectivity index (χ4n) is 2.87. The summed E-state index contributed by atoms with van der Waals surface area (Å²) in [5.41, 5.74) is 0.968. The molecular weight excluding hydrogens is 326 g/mol. The van der Waals surface area contributed by atoms with E-state index in [1.807, 2.05) is 18.2 Å². The van der Waals surface area contributed by atoms with Crippen molar-refractivity contribution >= 4 is 18.3 Å². The Balaban J connectivity index is 0.00000288. The van der Waals surface area contributed by atoms with E-state index in [0.717, 1.165) is 37.4 Å². The van der Waals surface area contributed by atoms with Crippen LogP contribution in [0.4, 0.5) is 0 Å². The maximum atomic E-state index is 12.4. The number of para-hydroxylation sites is 1. The zero-order valence-electron chi connectivity index (χ0n) is 15.1. The number of rotatable bonds is 6. The fourth-order valence-corrected chi connectivity index (χ4v) is 2.87. The first-order valence-electron chi connectivity index (χ1n) is 8.35. The van der Waals surface area contributed by atoms with Crippen molar-refractivity contribution in [3.8, 4) is 5.75 Å². The zero-order valence-corrected chi connectivity index (χ0v) is 15.9. The molecule has 0 saturated carbocycles. The number of amides is 1. The van der Waals surface area contributed by atoms with Crippen LogP contribution in [0.2, 0.25) is 0 Å². The van der Waals surface area contributed by atoms with Gasteiger partial charge in [0.1, 0.15) is 5.75 Å². The van der Waals surface area contributed by atoms with E-state index in [1.165, 1.54) is 0 Å². The summed E-state index contributed by atoms with van der Waals surface area (Å²) in [6.45, 7) is 9.18. The highest BCUT2D eigenvalue weighted by molar-refractivity contribution is 5.85. The summed E-state index contributed by atoms with van der Waals surface area (Å²) in [7, 11) is 1.69. The first-order chi connectivity index (χ1) is 11.0. The van der Waals surface area contributed by atoms with Crippen molar-refractivity contribution < 1.29 is 9.53 Å². The first kappa shape index (κ1) is 20.7. The molecule has 1 unspecified atom stereocenters. The molecule has 2 rings (SSSR count). The van der Waals surface area contributed by atoms with Gasteiger partial charge >= 0.3 is 0 Å². The second-order valence-corrected chi connectivity index (χ2v) is 6.72. The predicted octanol–water partition coefficient (Wildman–Crippen LogP) is 2.37. The summed E-state index contributed by atoms with van der Waals surface area (Å²) in [5, 5.41) is 6.54. The lowest BCUT2D eigenvalue weighted by molar-refractivity contribution is -0.124. The Kier molecular flexibility index (Phi) is 8.00. The van der Waals surface area contributed by atoms with Gasteiger partial charge in [-0.3, -0.25) is 9.69 Å². The van der Waals surface area contributed by atoms with E-state index in [9.17, 15) is 4.79 Å². The summed E-state index contributed by atoms with van der Waals surface area (Å²) in [6.07, 6.45) is 0.913. The van der Waals surface area contributed by atoms with E-state index in [0.29, 0.717) is 6.54 Å². The van der Waals surface area contributed by atoms with E-state index < -0.39 is 0 Å². The SMILES string of the molecule is CCC(C)(C)NC(=O)CN1CCNCC1c1ccccc1OC.Cl. The van der Waals surface area contributed by atoms with Crippen LogP contribution in [0.5, 0.6) is 5.75 Å². The van der Waals surface area contributed by atoms with Crippen molar-refractivity contribution in [2.45, 2.75) is 38.8 Å². The molecule has 136 valence electrons. The molecule has 1 aromatic carbocycles. The minimum Gasteiger partial charge on any atom is -0.496 e. The molecule has 1 atom stereocenters. The van der Waals surface area contributed by atoms with Crippen molar-refractivity contribution in [2.75, 3.05) is 33.3 Å². The number of nitrogens with zero attached hydrogens (tertiary/aromatic N) is 1. The number of hydrogen-bond acceptors (Lipinski definition) is 4. The maximum Gasteiger partial charge on any atom is 0.234 e. The normalized spacial score (nSPS) is 18.6. The van der Waals surface area contributed by atoms with Crippen LogP contribution in [0.15, 0.2) is 24.3 Å². The lowest BCUT2D eigenvalue weighted by Gasteiger charge is -2.37. The Labute approximate surface area is 151 Å². The Morgan fingerprint density at radius 2 is 2.12 bits per heavy atom. The van der Waals surface area contributed by atoms with Gasteiger partial charge in [0.2, 0.25) is 5.91 Å². The second kappa shape index (κ2) is 9.25. The number of methoxy groups -OCH3 is 1. The van der Waals surface area contributed by atoms with Gasteiger partial charge in [0.05, 0.1) is 19.7 Å². The van der Waals surface area contributed by atoms with Gasteiger partial charge in [0.25, 0.3) is 0 Å². The van der Waals surface area contributed by atoms with Crippen LogP contribution in [0, 0.1) is 0 Å². The highest BCUT2D eigenvalue weighted by Gasteiger charge is 2.28. The lowest BCUT2D eigenvalue weighted by atomic mass is 10.0. The molecule has 0 bridgehead atoms. The zero-order chi connectivity index (χ0) is 16.9. The quantitative estimate of drug-likeness (QED) is 0.822. The van der Waals surface area contributed by atoms with E-state index >= 15 is 0 Å². The molecule has 1 heterocycles. The van der Waals surface area contributed by atoms with Crippen LogP contribution in [-0.4, -0.2) is 49.6 Å². The Morgan fingerprint density at radius 1 is 1.42 bits per heavy atom. The average Bonchev–Trinajstić information content (AvgIpc) is 2.55. The number of halogens is 1. The molecule has 1 fully saturated rings. The van der Waals surface area contributed by atoms with Crippen LogP contribution >= 0.6 is 12.4 Å². The molecule has 1 amide bonds. The Hall–Kier alpha value is -1.30. The lowest BCUT2D eigenvalue weighted by Crippen LogP contribution is -2.52. The van der Waals surface area contributed by atoms with Gasteiger partial charge < -0.3 is 15.4 Å². The Bertz CT molecular complexity index is 537. The molecule has 1 aliphatic rings. The van der Waals surface area contributed by atoms with E-state index in [-0.39, 0.29) is 29.9 Å². The number of piperazine rings is 1. The summed E-state index contributed by atoms with van der Waals surface area (Å²) in [6, 6.07) is 8.19. The molecule has 2 N–H and O–H groups in total. The van der Waals surface area contributed by atoms with Gasteiger partial charge in [0, 0.05) is 30.7 Å². The Morgan fingerprint density at radius 3 is 2.79 bits per heavy atom. The van der Waals surface area contributed by atoms with Crippen molar-refractivity contribution in [1.29, 1.82) is 0 Å². The second-order valence-electron chi connectivity index (χ2n) is 6.72. The molecule has 1 aliphatic heterocycles. The maximum absolute atomic E-state index is 12.4. The molecule has 0 spiro atoms. The molecule has 0 aliphatic carbocycles. The predicted molar refractivity (Wildman–Crippen MR) is 99.9 cm³/mol. The van der Waals surface area contributed by atoms with Crippen molar-refractivity contribution in [3.63, 3.8) is 0 Å². The molecule has 5 nitrogen and oxygen atoms in total. The summed E-state index contributed by atoms with van der Waals surface area (Å²) in [5.74, 6) is 0.958. The average molecular weight is 356 g/mol. The monoisotopic (exact) mass is 355 g/mol. The number of ether oxygens (including phenoxy) is 1. The molecule has 1 saturated heterocycles. The number of benzene rings is 1. The van der Waals surface area contributed by atoms with E-state index in [4.69, 9.17) is 4.74 Å². The van der Waals surface area contributed by atoms with Crippen LogP contribution in [0.25, 0.3) is 0 Å². The highest BCUT2D eigenvalue weighted by Crippen LogP contribution is 2.29. The minimum atomic E-state index is -0.162. The van der Waals surface area contributed by atoms with Gasteiger partial charge in [-0.2, -0.15) is 0 Å². The minimum absolute atomic E-state index is 0. The van der Waals surface area contributed by atoms with Crippen LogP contribution in [0.1, 0.15) is 38.8 Å². The highest BCUT2D eigenvalue weighted by atomic mass is 35.5. The van der Waals surface area contributed by atoms with Crippen LogP contribution in [0.3, 0.4) is 0 Å². The largest absolute Gasteiger partial charge is 0.496 e. The van der Waals surface area contributed by atoms with Gasteiger partial charge in [-0.1, -0.05) is 25.1 Å². The van der Waals surface area contributed by atoms with Crippen LogP contribution in [-0.2, 0) is 4.79 Å². The fraction of sp³-hybridized carbons (Fsp3) is 0.611. The third kappa shape index (κ3) is 5.36. The van der Waals surface area contributed by atoms with Crippen LogP contribution < -0.4 is 15.4 Å². The van der Waals surface area contributed by atoms with Crippen molar-refractivity contribution in [3.05, 3.63) is 29.8 Å². The molecular formula is C18H30ClN3O2. The van der Waals surface area contributed by atoms with E-state index in [2.05, 4.69) is 42.4 Å². The summed E-state index contributed by atoms with van der Waals surface area (Å²) < 4.78 is 5.49. The van der Waals surface area contributed by atoms with Crippen molar-refractivity contribution in [2.24, 2.45) is 0 Å². The standard InChI is InChI=1S/C18H29N3O2.ClH/c1-5-18(2,3)20-17(22)13-21-11-10-19-12-15(21)14-8-6-7-9-16(14)23-4;/h6-9,15,19H,5,10-13H2,1-4H3,(H,20,22);1H. The topological polar surface area (TPSA) is 53.6 Å². The van der Waals surface area contributed by atoms with Gasteiger partial charge in [-0.25, -0.2) is 0 Å². The van der Waals surface area contributed by atoms with Gasteiger partial charge in [-0.05, 0) is 26.3 Å². The third-order valence-electron chi connectivity index (χ3n) is 4.56. The molecule has 24 heavy (non-hydrogen) atoms. The molecule has 0 aromatic heterocycles. The smallest absolute Gasteiger partial charge is 0.234 e. The summed E-state index contributed by atoms with van der Waals surface area (Å²) >= 11 is 0. The first-order valence-corrected chi connectivity index (χ1v) is 8.35. The van der Waals surface area contributed by atoms with Gasteiger partial charge in [0.15, 0.2) is 0 Å². The number of carbonyl (C=O) groups excluding carboxylic acids is 1. The molecule has 6 heteroatoms. The third-order valence-corrected chi connectivity index (χ3v) is 4.56. The number of hydrogen-bond donors (Lipinski definition) is 2. The van der Waals surface area contributed by atoms with E-state index in [1.54, 1.807) is 7.11 Å². The molecule has 1 aromatic rings. The summed E-state index contributed by atoms with van der Waals surface area (Å²) in [4.78, 5) is 14.6. The number of carbonyl (C=O) groups is 1. The number of nitrogens with one attached hydrogen (secondary N) is 2. The van der Waals surface area contributed by atoms with Gasteiger partial charge in [-0.15, -0.1) is 12.4 Å².